The second-order valence-corrected chi connectivity index (χ2v) is 3.72. The molecule has 0 aromatic rings. The molecule has 0 heterocycles. The molecular formula is C6H10N2O5S. The minimum atomic E-state index is -4.82. The summed E-state index contributed by atoms with van der Waals surface area (Å²) in [7, 11) is -4.82. The molecule has 0 aromatic heterocycles. The SMILES string of the molecule is CCC(C(N)=O)=C(C(N)=O)S(=O)(=O)O. The number of carbonyl (C=O) groups excluding carboxylic acids is 2. The molecule has 14 heavy (non-hydrogen) atoms. The summed E-state index contributed by atoms with van der Waals surface area (Å²) >= 11 is 0. The molecule has 0 fully saturated rings. The van der Waals surface area contributed by atoms with Gasteiger partial charge in [-0.25, -0.2) is 0 Å². The molecule has 0 aliphatic rings. The Labute approximate surface area is 80.5 Å². The molecule has 0 radical (unpaired) electrons. The first kappa shape index (κ1) is 12.6. The van der Waals surface area contributed by atoms with Gasteiger partial charge in [0.15, 0.2) is 4.91 Å². The number of primary amides is 2. The van der Waals surface area contributed by atoms with Crippen molar-refractivity contribution in [1.29, 1.82) is 0 Å². The molecule has 7 nitrogen and oxygen atoms in total. The van der Waals surface area contributed by atoms with Crippen LogP contribution in [0.5, 0.6) is 0 Å². The predicted octanol–water partition coefficient (Wildman–Crippen LogP) is -1.49. The highest BCUT2D eigenvalue weighted by Gasteiger charge is 2.26. The molecule has 0 rings (SSSR count). The van der Waals surface area contributed by atoms with Gasteiger partial charge >= 0.3 is 10.1 Å². The van der Waals surface area contributed by atoms with Gasteiger partial charge in [-0.3, -0.25) is 14.1 Å². The molecule has 5 N–H and O–H groups in total. The van der Waals surface area contributed by atoms with Crippen LogP contribution in [0.4, 0.5) is 0 Å². The summed E-state index contributed by atoms with van der Waals surface area (Å²) in [5.41, 5.74) is 8.98. The summed E-state index contributed by atoms with van der Waals surface area (Å²) < 4.78 is 29.9. The van der Waals surface area contributed by atoms with E-state index in [1.807, 2.05) is 0 Å². The smallest absolute Gasteiger partial charge is 0.300 e. The second kappa shape index (κ2) is 4.20. The van der Waals surface area contributed by atoms with Crippen LogP contribution in [-0.2, 0) is 19.7 Å². The highest BCUT2D eigenvalue weighted by molar-refractivity contribution is 7.90. The number of carbonyl (C=O) groups is 2. The normalized spacial score (nSPS) is 13.3. The lowest BCUT2D eigenvalue weighted by atomic mass is 10.2. The lowest BCUT2D eigenvalue weighted by Crippen LogP contribution is -2.27. The van der Waals surface area contributed by atoms with E-state index in [1.165, 1.54) is 6.92 Å². The first-order chi connectivity index (χ1) is 6.21. The Morgan fingerprint density at radius 2 is 1.64 bits per heavy atom. The maximum absolute atomic E-state index is 10.7. The molecule has 0 unspecified atom stereocenters. The number of nitrogens with two attached hydrogens (primary N) is 2. The zero-order valence-electron chi connectivity index (χ0n) is 7.35. The number of hydrogen-bond donors (Lipinski definition) is 3. The van der Waals surface area contributed by atoms with E-state index in [1.54, 1.807) is 0 Å². The maximum atomic E-state index is 10.7. The van der Waals surface area contributed by atoms with Crippen LogP contribution in [0.1, 0.15) is 13.3 Å². The van der Waals surface area contributed by atoms with Crippen molar-refractivity contribution in [3.8, 4) is 0 Å². The third kappa shape index (κ3) is 2.82. The Morgan fingerprint density at radius 1 is 1.21 bits per heavy atom. The Balaban J connectivity index is 5.84. The Hall–Kier alpha value is -1.41. The summed E-state index contributed by atoms with van der Waals surface area (Å²) in [6.45, 7) is 1.40. The van der Waals surface area contributed by atoms with Crippen molar-refractivity contribution >= 4 is 21.9 Å². The van der Waals surface area contributed by atoms with Crippen LogP contribution in [0.2, 0.25) is 0 Å². The highest BCUT2D eigenvalue weighted by atomic mass is 32.2. The third-order valence-corrected chi connectivity index (χ3v) is 2.37. The number of rotatable bonds is 4. The van der Waals surface area contributed by atoms with Crippen molar-refractivity contribution in [2.24, 2.45) is 11.5 Å². The number of hydrogen-bond acceptors (Lipinski definition) is 4. The average molecular weight is 222 g/mol. The topological polar surface area (TPSA) is 141 Å². The molecule has 0 aliphatic heterocycles. The number of amides is 2. The lowest BCUT2D eigenvalue weighted by Gasteiger charge is -2.04. The van der Waals surface area contributed by atoms with Crippen LogP contribution in [0, 0.1) is 0 Å². The summed E-state index contributed by atoms with van der Waals surface area (Å²) in [4.78, 5) is 20.2. The van der Waals surface area contributed by atoms with Crippen molar-refractivity contribution < 1.29 is 22.6 Å². The lowest BCUT2D eigenvalue weighted by molar-refractivity contribution is -0.116. The van der Waals surface area contributed by atoms with E-state index in [0.717, 1.165) is 0 Å². The first-order valence-corrected chi connectivity index (χ1v) is 4.96. The van der Waals surface area contributed by atoms with Crippen LogP contribution in [0.25, 0.3) is 0 Å². The molecule has 0 spiro atoms. The minimum absolute atomic E-state index is 0.118. The minimum Gasteiger partial charge on any atom is -0.366 e. The van der Waals surface area contributed by atoms with Crippen molar-refractivity contribution in [1.82, 2.24) is 0 Å². The standard InChI is InChI=1S/C6H10N2O5S/c1-2-3(5(7)9)4(6(8)10)14(11,12)13/h2H2,1H3,(H2,7,9)(H2,8,10)(H,11,12,13). The van der Waals surface area contributed by atoms with Gasteiger partial charge in [0.1, 0.15) is 0 Å². The zero-order valence-corrected chi connectivity index (χ0v) is 8.17. The van der Waals surface area contributed by atoms with Crippen LogP contribution in [-0.4, -0.2) is 24.8 Å². The molecule has 0 aromatic carbocycles. The van der Waals surface area contributed by atoms with Gasteiger partial charge in [-0.05, 0) is 6.42 Å². The van der Waals surface area contributed by atoms with Gasteiger partial charge in [0, 0.05) is 5.57 Å². The van der Waals surface area contributed by atoms with E-state index < -0.39 is 32.4 Å². The average Bonchev–Trinajstić information content (AvgIpc) is 1.95. The fourth-order valence-corrected chi connectivity index (χ4v) is 1.69. The Morgan fingerprint density at radius 3 is 1.71 bits per heavy atom. The van der Waals surface area contributed by atoms with E-state index in [2.05, 4.69) is 0 Å². The van der Waals surface area contributed by atoms with Crippen LogP contribution in [0.3, 0.4) is 0 Å². The van der Waals surface area contributed by atoms with Gasteiger partial charge < -0.3 is 11.5 Å². The fraction of sp³-hybridized carbons (Fsp3) is 0.333. The highest BCUT2D eigenvalue weighted by Crippen LogP contribution is 2.13. The van der Waals surface area contributed by atoms with Crippen molar-refractivity contribution in [2.45, 2.75) is 13.3 Å². The maximum Gasteiger partial charge on any atom is 0.300 e. The van der Waals surface area contributed by atoms with Crippen molar-refractivity contribution in [3.63, 3.8) is 0 Å². The summed E-state index contributed by atoms with van der Waals surface area (Å²) in [5, 5.41) is 0. The Bertz CT molecular complexity index is 394. The van der Waals surface area contributed by atoms with E-state index in [0.29, 0.717) is 0 Å². The predicted molar refractivity (Wildman–Crippen MR) is 47.3 cm³/mol. The van der Waals surface area contributed by atoms with Crippen LogP contribution in [0.15, 0.2) is 10.5 Å². The molecule has 8 heteroatoms. The van der Waals surface area contributed by atoms with Gasteiger partial charge in [-0.2, -0.15) is 8.42 Å². The molecule has 0 bridgehead atoms. The van der Waals surface area contributed by atoms with Gasteiger partial charge in [-0.1, -0.05) is 6.92 Å². The van der Waals surface area contributed by atoms with Gasteiger partial charge in [0.25, 0.3) is 5.91 Å². The van der Waals surface area contributed by atoms with Crippen LogP contribution < -0.4 is 11.5 Å². The van der Waals surface area contributed by atoms with Gasteiger partial charge in [-0.15, -0.1) is 0 Å². The largest absolute Gasteiger partial charge is 0.366 e. The van der Waals surface area contributed by atoms with Gasteiger partial charge in [0.2, 0.25) is 5.91 Å². The molecule has 2 amide bonds. The molecule has 0 saturated carbocycles. The van der Waals surface area contributed by atoms with E-state index >= 15 is 0 Å². The van der Waals surface area contributed by atoms with E-state index in [-0.39, 0.29) is 6.42 Å². The summed E-state index contributed by atoms with van der Waals surface area (Å²) in [5.74, 6) is -2.53. The van der Waals surface area contributed by atoms with Gasteiger partial charge in [0.05, 0.1) is 0 Å². The molecule has 0 aliphatic carbocycles. The Kier molecular flexibility index (Phi) is 3.78. The van der Waals surface area contributed by atoms with Crippen molar-refractivity contribution in [2.75, 3.05) is 0 Å². The zero-order chi connectivity index (χ0) is 11.5. The monoisotopic (exact) mass is 222 g/mol. The molecule has 0 atom stereocenters. The second-order valence-electron chi connectivity index (χ2n) is 2.36. The van der Waals surface area contributed by atoms with Crippen molar-refractivity contribution in [3.05, 3.63) is 10.5 Å². The summed E-state index contributed by atoms with van der Waals surface area (Å²) in [6, 6.07) is 0. The quantitative estimate of drug-likeness (QED) is 0.392. The molecule has 80 valence electrons. The molecule has 0 saturated heterocycles. The third-order valence-electron chi connectivity index (χ3n) is 1.41. The van der Waals surface area contributed by atoms with Crippen LogP contribution >= 0.6 is 0 Å². The summed E-state index contributed by atoms with van der Waals surface area (Å²) in [6.07, 6.45) is -0.118. The first-order valence-electron chi connectivity index (χ1n) is 3.52. The fourth-order valence-electron chi connectivity index (χ4n) is 0.878. The molecular weight excluding hydrogens is 212 g/mol. The van der Waals surface area contributed by atoms with E-state index in [4.69, 9.17) is 16.0 Å². The van der Waals surface area contributed by atoms with E-state index in [9.17, 15) is 18.0 Å².